The Kier molecular flexibility index (Phi) is 6.45. The Hall–Kier alpha value is -5.07. The Labute approximate surface area is 205 Å². The Morgan fingerprint density at radius 3 is 2.30 bits per heavy atom. The van der Waals surface area contributed by atoms with Crippen LogP contribution in [0.25, 0.3) is 16.6 Å². The molecule has 2 amide bonds. The van der Waals surface area contributed by atoms with Crippen molar-refractivity contribution in [3.8, 4) is 5.69 Å². The maximum atomic E-state index is 13.9. The zero-order valence-electron chi connectivity index (χ0n) is 18.6. The van der Waals surface area contributed by atoms with E-state index in [4.69, 9.17) is 5.11 Å². The van der Waals surface area contributed by atoms with E-state index in [9.17, 15) is 37.5 Å². The first kappa shape index (κ1) is 25.0. The molecule has 0 aliphatic carbocycles. The number of anilines is 1. The van der Waals surface area contributed by atoms with Gasteiger partial charge in [-0.25, -0.2) is 14.4 Å². The van der Waals surface area contributed by atoms with E-state index in [1.807, 2.05) is 0 Å². The molecular formula is C24H17F3N4O6. The van der Waals surface area contributed by atoms with Crippen molar-refractivity contribution in [2.24, 2.45) is 0 Å². The Morgan fingerprint density at radius 1 is 0.973 bits per heavy atom. The first-order valence-electron chi connectivity index (χ1n) is 10.5. The molecule has 4 rings (SSSR count). The van der Waals surface area contributed by atoms with E-state index in [2.05, 4.69) is 15.6 Å². The fraction of sp³-hybridized carbons (Fsp3) is 0.0833. The van der Waals surface area contributed by atoms with Crippen molar-refractivity contribution in [2.75, 3.05) is 5.32 Å². The van der Waals surface area contributed by atoms with Gasteiger partial charge >= 0.3 is 24.1 Å². The average Bonchev–Trinajstić information content (AvgIpc) is 3.29. The van der Waals surface area contributed by atoms with E-state index in [0.29, 0.717) is 5.69 Å². The zero-order valence-corrected chi connectivity index (χ0v) is 18.6. The van der Waals surface area contributed by atoms with E-state index < -0.39 is 40.8 Å². The number of carboxylic acid groups (broad SMARTS) is 2. The van der Waals surface area contributed by atoms with Gasteiger partial charge in [-0.05, 0) is 54.6 Å². The van der Waals surface area contributed by atoms with Gasteiger partial charge in [0.15, 0.2) is 0 Å². The van der Waals surface area contributed by atoms with Crippen LogP contribution < -0.4 is 16.2 Å². The van der Waals surface area contributed by atoms with Crippen molar-refractivity contribution < 1.29 is 37.8 Å². The summed E-state index contributed by atoms with van der Waals surface area (Å²) in [4.78, 5) is 48.6. The molecular weight excluding hydrogens is 497 g/mol. The highest BCUT2D eigenvalue weighted by molar-refractivity contribution is 5.93. The maximum Gasteiger partial charge on any atom is 0.418 e. The molecule has 2 aromatic carbocycles. The lowest BCUT2D eigenvalue weighted by molar-refractivity contribution is -0.137. The fourth-order valence-corrected chi connectivity index (χ4v) is 3.67. The van der Waals surface area contributed by atoms with Crippen molar-refractivity contribution >= 4 is 34.6 Å². The summed E-state index contributed by atoms with van der Waals surface area (Å²) < 4.78 is 43.0. The van der Waals surface area contributed by atoms with Crippen LogP contribution in [-0.4, -0.2) is 37.7 Å². The second-order valence-corrected chi connectivity index (χ2v) is 7.83. The number of carbonyl (C=O) groups excluding carboxylic acids is 1. The lowest BCUT2D eigenvalue weighted by atomic mass is 10.1. The number of pyridine rings is 1. The van der Waals surface area contributed by atoms with Crippen molar-refractivity contribution in [2.45, 2.75) is 12.7 Å². The molecule has 5 N–H and O–H groups in total. The summed E-state index contributed by atoms with van der Waals surface area (Å²) in [5, 5.41) is 23.2. The number of aromatic nitrogens is 2. The molecule has 37 heavy (non-hydrogen) atoms. The smallest absolute Gasteiger partial charge is 0.418 e. The molecule has 2 aromatic heterocycles. The van der Waals surface area contributed by atoms with Gasteiger partial charge in [0.05, 0.1) is 23.4 Å². The predicted molar refractivity (Wildman–Crippen MR) is 125 cm³/mol. The number of aromatic amines is 1. The highest BCUT2D eigenvalue weighted by Crippen LogP contribution is 2.36. The van der Waals surface area contributed by atoms with Gasteiger partial charge in [-0.1, -0.05) is 0 Å². The summed E-state index contributed by atoms with van der Waals surface area (Å²) in [5.41, 5.74) is -2.67. The molecule has 0 fully saturated rings. The van der Waals surface area contributed by atoms with Gasteiger partial charge in [0.2, 0.25) is 0 Å². The third-order valence-corrected chi connectivity index (χ3v) is 5.41. The molecule has 190 valence electrons. The van der Waals surface area contributed by atoms with Gasteiger partial charge in [0.1, 0.15) is 5.56 Å². The van der Waals surface area contributed by atoms with Crippen LogP contribution in [0.15, 0.2) is 65.6 Å². The first-order chi connectivity index (χ1) is 17.4. The molecule has 0 spiro atoms. The number of fused-ring (bicyclic) bond motifs is 1. The molecule has 0 aliphatic rings. The molecule has 13 heteroatoms. The second-order valence-electron chi connectivity index (χ2n) is 7.83. The lowest BCUT2D eigenvalue weighted by Crippen LogP contribution is -2.29. The Morgan fingerprint density at radius 2 is 1.68 bits per heavy atom. The van der Waals surface area contributed by atoms with E-state index in [1.165, 1.54) is 47.2 Å². The first-order valence-corrected chi connectivity index (χ1v) is 10.5. The minimum atomic E-state index is -4.82. The zero-order chi connectivity index (χ0) is 26.9. The van der Waals surface area contributed by atoms with Crippen LogP contribution in [0.4, 0.5) is 23.7 Å². The average molecular weight is 514 g/mol. The maximum absolute atomic E-state index is 13.9. The number of urea groups is 1. The molecule has 0 atom stereocenters. The summed E-state index contributed by atoms with van der Waals surface area (Å²) in [6.45, 7) is -0.187. The van der Waals surface area contributed by atoms with E-state index in [1.54, 1.807) is 0 Å². The largest absolute Gasteiger partial charge is 0.478 e. The highest BCUT2D eigenvalue weighted by atomic mass is 19.4. The number of hydrogen-bond acceptors (Lipinski definition) is 4. The molecule has 0 bridgehead atoms. The minimum Gasteiger partial charge on any atom is -0.478 e. The number of amides is 2. The summed E-state index contributed by atoms with van der Waals surface area (Å²) >= 11 is 0. The van der Waals surface area contributed by atoms with Crippen LogP contribution in [0, 0.1) is 0 Å². The van der Waals surface area contributed by atoms with Gasteiger partial charge in [0, 0.05) is 28.5 Å². The number of carbonyl (C=O) groups is 3. The second kappa shape index (κ2) is 9.53. The minimum absolute atomic E-state index is 0.0270. The van der Waals surface area contributed by atoms with E-state index in [0.717, 1.165) is 18.2 Å². The van der Waals surface area contributed by atoms with E-state index >= 15 is 0 Å². The predicted octanol–water partition coefficient (Wildman–Crippen LogP) is 4.06. The standard InChI is InChI=1S/C24H17F3N4O6/c25-24(26,27)17-10-18-13(8-16(22(35)36)20(32)30-18)9-19(17)31-7-1-2-15(31)11-28-23(37)29-14-5-3-12(4-6-14)21(33)34/h1-10H,11H2,(H,30,32)(H,33,34)(H,35,36)(H2,28,29,37). The molecule has 0 unspecified atom stereocenters. The van der Waals surface area contributed by atoms with Gasteiger partial charge in [-0.2, -0.15) is 13.2 Å². The Bertz CT molecular complexity index is 1590. The fourth-order valence-electron chi connectivity index (χ4n) is 3.67. The molecule has 0 radical (unpaired) electrons. The number of H-pyrrole nitrogens is 1. The van der Waals surface area contributed by atoms with Crippen molar-refractivity contribution in [3.05, 3.63) is 93.5 Å². The summed E-state index contributed by atoms with van der Waals surface area (Å²) in [6, 6.07) is 10.4. The number of halogens is 3. The van der Waals surface area contributed by atoms with Crippen LogP contribution in [0.3, 0.4) is 0 Å². The van der Waals surface area contributed by atoms with Crippen molar-refractivity contribution in [3.63, 3.8) is 0 Å². The monoisotopic (exact) mass is 514 g/mol. The lowest BCUT2D eigenvalue weighted by Gasteiger charge is -2.18. The van der Waals surface area contributed by atoms with Gasteiger partial charge < -0.3 is 30.4 Å². The van der Waals surface area contributed by atoms with Crippen molar-refractivity contribution in [1.82, 2.24) is 14.9 Å². The molecule has 2 heterocycles. The normalized spacial score (nSPS) is 11.3. The van der Waals surface area contributed by atoms with Crippen LogP contribution in [0.1, 0.15) is 32.0 Å². The number of carboxylic acids is 2. The number of aromatic carboxylic acids is 2. The number of hydrogen-bond donors (Lipinski definition) is 5. The third-order valence-electron chi connectivity index (χ3n) is 5.41. The Balaban J connectivity index is 1.63. The summed E-state index contributed by atoms with van der Waals surface area (Å²) in [7, 11) is 0. The number of rotatable bonds is 6. The van der Waals surface area contributed by atoms with Gasteiger partial charge in [-0.3, -0.25) is 4.79 Å². The van der Waals surface area contributed by atoms with Crippen LogP contribution in [0.5, 0.6) is 0 Å². The number of nitrogens with one attached hydrogen (secondary N) is 3. The highest BCUT2D eigenvalue weighted by Gasteiger charge is 2.35. The van der Waals surface area contributed by atoms with Crippen LogP contribution >= 0.6 is 0 Å². The molecule has 0 aliphatic heterocycles. The van der Waals surface area contributed by atoms with Gasteiger partial charge in [0.25, 0.3) is 5.56 Å². The quantitative estimate of drug-likeness (QED) is 0.262. The number of benzene rings is 2. The summed E-state index contributed by atoms with van der Waals surface area (Å²) in [5.74, 6) is -2.66. The number of alkyl halides is 3. The summed E-state index contributed by atoms with van der Waals surface area (Å²) in [6.07, 6.45) is -3.47. The van der Waals surface area contributed by atoms with E-state index in [-0.39, 0.29) is 34.4 Å². The van der Waals surface area contributed by atoms with Gasteiger partial charge in [-0.15, -0.1) is 0 Å². The SMILES string of the molecule is O=C(NCc1cccn1-c1cc2cc(C(=O)O)c(=O)[nH]c2cc1C(F)(F)F)Nc1ccc(C(=O)O)cc1. The van der Waals surface area contributed by atoms with Crippen LogP contribution in [0.2, 0.25) is 0 Å². The van der Waals surface area contributed by atoms with Crippen molar-refractivity contribution in [1.29, 1.82) is 0 Å². The topological polar surface area (TPSA) is 154 Å². The molecule has 10 nitrogen and oxygen atoms in total. The third kappa shape index (κ3) is 5.29. The molecule has 0 saturated carbocycles. The number of nitrogens with zero attached hydrogens (tertiary/aromatic N) is 1. The molecule has 4 aromatic rings. The van der Waals surface area contributed by atoms with Crippen LogP contribution in [-0.2, 0) is 12.7 Å². The molecule has 0 saturated heterocycles.